The third-order valence-corrected chi connectivity index (χ3v) is 13.4. The summed E-state index contributed by atoms with van der Waals surface area (Å²) in [5, 5.41) is 0. The standard InChI is InChI=1S/C72H118O6/c1-4-7-10-13-16-19-22-25-28-30-32-33-34-35-36-37-38-40-41-44-47-50-53-56-59-62-65-71(74)77-68-69(67-76-70(73)64-61-58-55-52-49-46-43-27-24-21-18-15-12-9-6-3)78-72(75)66-63-60-57-54-51-48-45-42-39-31-29-26-23-20-17-14-11-8-5-2/h8-9,11-12,17-18,20-21,26-27,29,39,42-43,48-49,51-52,57-58,60-61,69H,4-7,10,13-16,19,22-25,28,30-38,40-41,44-47,50,53-56,59,62-68H2,1-3H3/b11-8-,12-9-,20-17-,21-18-,29-26-,42-39-,43-27-,51-48-,52-49-,60-57-,61-58-. The molecule has 0 aliphatic rings. The van der Waals surface area contributed by atoms with E-state index in [9.17, 15) is 14.4 Å². The summed E-state index contributed by atoms with van der Waals surface area (Å²) in [6.45, 7) is 6.28. The van der Waals surface area contributed by atoms with E-state index in [2.05, 4.69) is 130 Å². The fourth-order valence-corrected chi connectivity index (χ4v) is 8.72. The topological polar surface area (TPSA) is 78.9 Å². The number of hydrogen-bond acceptors (Lipinski definition) is 6. The first-order chi connectivity index (χ1) is 38.5. The minimum atomic E-state index is -0.863. The molecule has 0 saturated heterocycles. The van der Waals surface area contributed by atoms with Gasteiger partial charge in [-0.25, -0.2) is 0 Å². The highest BCUT2D eigenvalue weighted by atomic mass is 16.6. The van der Waals surface area contributed by atoms with Gasteiger partial charge in [-0.15, -0.1) is 0 Å². The molecule has 1 atom stereocenters. The Hall–Kier alpha value is -4.45. The molecule has 0 fully saturated rings. The monoisotopic (exact) mass is 1080 g/mol. The maximum Gasteiger partial charge on any atom is 0.309 e. The predicted octanol–water partition coefficient (Wildman–Crippen LogP) is 22.2. The highest BCUT2D eigenvalue weighted by molar-refractivity contribution is 5.72. The van der Waals surface area contributed by atoms with E-state index in [1.807, 2.05) is 18.2 Å². The van der Waals surface area contributed by atoms with Crippen molar-refractivity contribution in [3.8, 4) is 0 Å². The zero-order chi connectivity index (χ0) is 56.4. The van der Waals surface area contributed by atoms with Gasteiger partial charge in [-0.3, -0.25) is 14.4 Å². The number of allylic oxidation sites excluding steroid dienone is 21. The number of esters is 3. The lowest BCUT2D eigenvalue weighted by Gasteiger charge is -2.18. The Morgan fingerprint density at radius 1 is 0.282 bits per heavy atom. The molecular weight excluding hydrogens is 961 g/mol. The van der Waals surface area contributed by atoms with Crippen LogP contribution in [0.15, 0.2) is 134 Å². The molecule has 0 bridgehead atoms. The van der Waals surface area contributed by atoms with E-state index in [1.165, 1.54) is 148 Å². The fourth-order valence-electron chi connectivity index (χ4n) is 8.72. The highest BCUT2D eigenvalue weighted by Crippen LogP contribution is 2.17. The summed E-state index contributed by atoms with van der Waals surface area (Å²) >= 11 is 0. The van der Waals surface area contributed by atoms with Crippen LogP contribution in [0.5, 0.6) is 0 Å². The van der Waals surface area contributed by atoms with Crippen molar-refractivity contribution in [1.29, 1.82) is 0 Å². The Kier molecular flexibility index (Phi) is 61.4. The van der Waals surface area contributed by atoms with E-state index < -0.39 is 18.0 Å². The molecule has 442 valence electrons. The van der Waals surface area contributed by atoms with Crippen molar-refractivity contribution in [3.05, 3.63) is 134 Å². The van der Waals surface area contributed by atoms with Gasteiger partial charge >= 0.3 is 17.9 Å². The first-order valence-corrected chi connectivity index (χ1v) is 32.2. The Bertz CT molecular complexity index is 1670. The predicted molar refractivity (Wildman–Crippen MR) is 339 cm³/mol. The van der Waals surface area contributed by atoms with Crippen molar-refractivity contribution in [2.24, 2.45) is 0 Å². The van der Waals surface area contributed by atoms with Crippen molar-refractivity contribution >= 4 is 17.9 Å². The molecule has 0 radical (unpaired) electrons. The van der Waals surface area contributed by atoms with Gasteiger partial charge in [0.15, 0.2) is 6.10 Å². The molecule has 0 spiro atoms. The number of unbranched alkanes of at least 4 members (excludes halogenated alkanes) is 25. The third-order valence-electron chi connectivity index (χ3n) is 13.4. The molecule has 0 aromatic heterocycles. The summed E-state index contributed by atoms with van der Waals surface area (Å²) in [6, 6.07) is 0. The lowest BCUT2D eigenvalue weighted by molar-refractivity contribution is -0.166. The zero-order valence-electron chi connectivity index (χ0n) is 50.6. The molecule has 0 rings (SSSR count). The largest absolute Gasteiger partial charge is 0.462 e. The first-order valence-electron chi connectivity index (χ1n) is 32.2. The van der Waals surface area contributed by atoms with Crippen LogP contribution in [-0.4, -0.2) is 37.2 Å². The Morgan fingerprint density at radius 2 is 0.551 bits per heavy atom. The number of carbonyl (C=O) groups excluding carboxylic acids is 3. The average Bonchev–Trinajstić information content (AvgIpc) is 3.44. The second-order valence-corrected chi connectivity index (χ2v) is 20.9. The van der Waals surface area contributed by atoms with E-state index in [0.717, 1.165) is 89.9 Å². The summed E-state index contributed by atoms with van der Waals surface area (Å²) in [7, 11) is 0. The molecule has 78 heavy (non-hydrogen) atoms. The van der Waals surface area contributed by atoms with Gasteiger partial charge < -0.3 is 14.2 Å². The van der Waals surface area contributed by atoms with Crippen molar-refractivity contribution in [2.75, 3.05) is 13.2 Å². The van der Waals surface area contributed by atoms with Crippen LogP contribution < -0.4 is 0 Å². The van der Waals surface area contributed by atoms with Gasteiger partial charge in [0.05, 0.1) is 6.42 Å². The number of carbonyl (C=O) groups is 3. The van der Waals surface area contributed by atoms with Crippen molar-refractivity contribution in [1.82, 2.24) is 0 Å². The SMILES string of the molecule is CC/C=C\C/C=C\C/C=C\C/C=C\C/C=C\C/C=C\CCC(=O)OC(COC(=O)C/C=C\C/C=C\C/C=C\C/C=C\C/C=C\CC)COC(=O)CCCCCCCCCCCCCCCCCCCCCCCCCCCC. The molecule has 0 aromatic rings. The maximum absolute atomic E-state index is 12.9. The van der Waals surface area contributed by atoms with E-state index in [1.54, 1.807) is 6.08 Å². The van der Waals surface area contributed by atoms with Gasteiger partial charge in [0, 0.05) is 12.8 Å². The highest BCUT2D eigenvalue weighted by Gasteiger charge is 2.19. The molecule has 1 unspecified atom stereocenters. The minimum absolute atomic E-state index is 0.107. The van der Waals surface area contributed by atoms with Gasteiger partial charge in [0.25, 0.3) is 0 Å². The van der Waals surface area contributed by atoms with E-state index in [0.29, 0.717) is 12.8 Å². The Labute approximate surface area is 481 Å². The van der Waals surface area contributed by atoms with Crippen LogP contribution in [0.3, 0.4) is 0 Å². The average molecular weight is 1080 g/mol. The van der Waals surface area contributed by atoms with E-state index in [4.69, 9.17) is 14.2 Å². The fraction of sp³-hybridized carbons (Fsp3) is 0.653. The lowest BCUT2D eigenvalue weighted by Crippen LogP contribution is -2.30. The van der Waals surface area contributed by atoms with Gasteiger partial charge in [-0.05, 0) is 83.5 Å². The van der Waals surface area contributed by atoms with Crippen LogP contribution in [0.1, 0.15) is 284 Å². The Balaban J connectivity index is 4.45. The van der Waals surface area contributed by atoms with E-state index in [-0.39, 0.29) is 32.0 Å². The third kappa shape index (κ3) is 62.4. The lowest BCUT2D eigenvalue weighted by atomic mass is 10.0. The molecule has 6 nitrogen and oxygen atoms in total. The van der Waals surface area contributed by atoms with Crippen molar-refractivity contribution in [3.63, 3.8) is 0 Å². The van der Waals surface area contributed by atoms with Gasteiger partial charge in [0.1, 0.15) is 13.2 Å². The first kappa shape index (κ1) is 73.5. The second kappa shape index (κ2) is 65.1. The zero-order valence-corrected chi connectivity index (χ0v) is 50.6. The molecule has 0 N–H and O–H groups in total. The maximum atomic E-state index is 12.9. The van der Waals surface area contributed by atoms with Crippen LogP contribution in [-0.2, 0) is 28.6 Å². The van der Waals surface area contributed by atoms with E-state index >= 15 is 0 Å². The van der Waals surface area contributed by atoms with Gasteiger partial charge in [-0.1, -0.05) is 315 Å². The summed E-state index contributed by atoms with van der Waals surface area (Å²) in [6.07, 6.45) is 92.3. The van der Waals surface area contributed by atoms with Crippen LogP contribution >= 0.6 is 0 Å². The molecule has 0 aliphatic heterocycles. The molecule has 0 amide bonds. The quantitative estimate of drug-likeness (QED) is 0.0261. The summed E-state index contributed by atoms with van der Waals surface area (Å²) < 4.78 is 16.7. The normalized spacial score (nSPS) is 13.0. The summed E-state index contributed by atoms with van der Waals surface area (Å²) in [5.74, 6) is -1.16. The van der Waals surface area contributed by atoms with Crippen molar-refractivity contribution < 1.29 is 28.6 Å². The number of rotatable bonds is 57. The van der Waals surface area contributed by atoms with Crippen LogP contribution in [0.25, 0.3) is 0 Å². The van der Waals surface area contributed by atoms with Gasteiger partial charge in [0.2, 0.25) is 0 Å². The van der Waals surface area contributed by atoms with Crippen LogP contribution in [0, 0.1) is 0 Å². The number of ether oxygens (including phenoxy) is 3. The molecule has 0 aliphatic carbocycles. The molecule has 0 heterocycles. The summed E-state index contributed by atoms with van der Waals surface area (Å²) in [4.78, 5) is 38.2. The van der Waals surface area contributed by atoms with Crippen LogP contribution in [0.4, 0.5) is 0 Å². The van der Waals surface area contributed by atoms with Crippen LogP contribution in [0.2, 0.25) is 0 Å². The summed E-state index contributed by atoms with van der Waals surface area (Å²) in [5.41, 5.74) is 0. The molecular formula is C72H118O6. The molecule has 6 heteroatoms. The van der Waals surface area contributed by atoms with Gasteiger partial charge in [-0.2, -0.15) is 0 Å². The Morgan fingerprint density at radius 3 is 0.872 bits per heavy atom. The van der Waals surface area contributed by atoms with Crippen molar-refractivity contribution in [2.45, 2.75) is 290 Å². The smallest absolute Gasteiger partial charge is 0.309 e. The number of hydrogen-bond donors (Lipinski definition) is 0. The second-order valence-electron chi connectivity index (χ2n) is 20.9. The minimum Gasteiger partial charge on any atom is -0.462 e. The molecule has 0 aromatic carbocycles. The molecule has 0 saturated carbocycles.